The number of hydrogen-bond acceptors (Lipinski definition) is 13. The number of hydrogen-bond donors (Lipinski definition) is 6. The van der Waals surface area contributed by atoms with Crippen LogP contribution in [0.15, 0.2) is 23.8 Å². The number of phosphoric acid groups is 3. The van der Waals surface area contributed by atoms with E-state index in [9.17, 15) is 43.2 Å². The smallest absolute Gasteiger partial charge is 0.390 e. The van der Waals surface area contributed by atoms with E-state index in [-0.39, 0.29) is 25.2 Å². The maximum atomic E-state index is 17.5. The highest BCUT2D eigenvalue weighted by molar-refractivity contribution is 7.66. The van der Waals surface area contributed by atoms with Crippen LogP contribution in [0.25, 0.3) is 0 Å². The molecular formula is C34H49FNO16P3. The topological polar surface area (TPSA) is 262 Å². The summed E-state index contributed by atoms with van der Waals surface area (Å²) in [6.07, 6.45) is 6.44. The van der Waals surface area contributed by atoms with Gasteiger partial charge in [0, 0.05) is 29.7 Å². The zero-order valence-corrected chi connectivity index (χ0v) is 33.4. The van der Waals surface area contributed by atoms with Crippen LogP contribution in [0.2, 0.25) is 0 Å². The van der Waals surface area contributed by atoms with Gasteiger partial charge in [-0.2, -0.15) is 8.62 Å². The zero-order valence-electron chi connectivity index (χ0n) is 30.8. The number of carbonyl (C=O) groups is 3. The van der Waals surface area contributed by atoms with Crippen LogP contribution in [0.3, 0.4) is 0 Å². The monoisotopic (exact) mass is 839 g/mol. The van der Waals surface area contributed by atoms with Gasteiger partial charge in [-0.25, -0.2) is 18.1 Å². The molecule has 3 saturated carbocycles. The minimum Gasteiger partial charge on any atom is -0.390 e. The molecule has 17 nitrogen and oxygen atoms in total. The van der Waals surface area contributed by atoms with Crippen molar-refractivity contribution in [2.45, 2.75) is 102 Å². The Morgan fingerprint density at radius 2 is 1.76 bits per heavy atom. The summed E-state index contributed by atoms with van der Waals surface area (Å²) in [5.41, 5.74) is -6.87. The first kappa shape index (κ1) is 44.2. The molecule has 21 heteroatoms. The predicted octanol–water partition coefficient (Wildman–Crippen LogP) is 3.74. The van der Waals surface area contributed by atoms with Gasteiger partial charge in [0.25, 0.3) is 0 Å². The van der Waals surface area contributed by atoms with Crippen molar-refractivity contribution in [2.24, 2.45) is 28.6 Å². The van der Waals surface area contributed by atoms with Gasteiger partial charge in [0.05, 0.1) is 12.7 Å². The number of carbonyl (C=O) groups excluding carboxylic acids is 3. The average molecular weight is 840 g/mol. The molecule has 0 aromatic heterocycles. The Hall–Kier alpha value is -1.93. The van der Waals surface area contributed by atoms with Crippen LogP contribution in [0.4, 0.5) is 4.39 Å². The lowest BCUT2D eigenvalue weighted by Crippen LogP contribution is -2.69. The van der Waals surface area contributed by atoms with E-state index in [1.165, 1.54) is 25.2 Å². The van der Waals surface area contributed by atoms with E-state index in [1.54, 1.807) is 13.8 Å². The van der Waals surface area contributed by atoms with E-state index in [4.69, 9.17) is 23.6 Å². The van der Waals surface area contributed by atoms with Gasteiger partial charge < -0.3 is 34.9 Å². The van der Waals surface area contributed by atoms with Crippen molar-refractivity contribution in [3.63, 3.8) is 0 Å². The molecule has 0 spiro atoms. The van der Waals surface area contributed by atoms with Crippen LogP contribution in [-0.2, 0) is 50.5 Å². The lowest BCUT2D eigenvalue weighted by atomic mass is 9.44. The number of halogens is 1. The quantitative estimate of drug-likeness (QED) is 0.0780. The Morgan fingerprint density at radius 3 is 2.47 bits per heavy atom. The molecule has 0 radical (unpaired) electrons. The van der Waals surface area contributed by atoms with E-state index < -0.39 is 113 Å². The number of ketones is 2. The van der Waals surface area contributed by atoms with E-state index in [0.717, 1.165) is 25.7 Å². The largest absolute Gasteiger partial charge is 0.490 e. The van der Waals surface area contributed by atoms with Crippen LogP contribution in [0.1, 0.15) is 78.6 Å². The molecule has 5 aliphatic carbocycles. The minimum atomic E-state index is -5.92. The lowest BCUT2D eigenvalue weighted by Gasteiger charge is -2.62. The molecule has 11 atom stereocenters. The van der Waals surface area contributed by atoms with E-state index in [2.05, 4.69) is 25.8 Å². The summed E-state index contributed by atoms with van der Waals surface area (Å²) in [5, 5.41) is 26.2. The van der Waals surface area contributed by atoms with Crippen molar-refractivity contribution in [3.05, 3.63) is 23.8 Å². The third-order valence-corrected chi connectivity index (χ3v) is 16.3. The molecular weight excluding hydrogens is 790 g/mol. The highest BCUT2D eigenvalue weighted by atomic mass is 31.3. The van der Waals surface area contributed by atoms with Crippen LogP contribution < -0.4 is 5.32 Å². The summed E-state index contributed by atoms with van der Waals surface area (Å²) in [6.45, 7) is 1.83. The van der Waals surface area contributed by atoms with Crippen molar-refractivity contribution >= 4 is 40.9 Å². The van der Waals surface area contributed by atoms with Gasteiger partial charge >= 0.3 is 23.5 Å². The third kappa shape index (κ3) is 8.91. The number of Topliss-reactive ketones (excluding diaryl/α,β-unsaturated/α-hetero) is 1. The first-order valence-corrected chi connectivity index (χ1v) is 22.6. The van der Waals surface area contributed by atoms with Crippen molar-refractivity contribution in [3.8, 4) is 11.8 Å². The Morgan fingerprint density at radius 1 is 1.04 bits per heavy atom. The van der Waals surface area contributed by atoms with Crippen LogP contribution in [-0.4, -0.2) is 92.2 Å². The van der Waals surface area contributed by atoms with Crippen molar-refractivity contribution in [1.82, 2.24) is 5.32 Å². The second kappa shape index (κ2) is 16.4. The number of amides is 1. The van der Waals surface area contributed by atoms with Crippen molar-refractivity contribution < 1.29 is 79.8 Å². The number of nitrogens with one attached hydrogen (secondary N) is 1. The minimum absolute atomic E-state index is 0.128. The van der Waals surface area contributed by atoms with E-state index in [1.807, 2.05) is 0 Å². The molecule has 55 heavy (non-hydrogen) atoms. The lowest BCUT2D eigenvalue weighted by molar-refractivity contribution is -0.219. The van der Waals surface area contributed by atoms with E-state index in [0.29, 0.717) is 18.4 Å². The maximum absolute atomic E-state index is 17.5. The van der Waals surface area contributed by atoms with Gasteiger partial charge in [0.15, 0.2) is 17.2 Å². The zero-order chi connectivity index (χ0) is 40.7. The summed E-state index contributed by atoms with van der Waals surface area (Å²) in [6, 6.07) is 0. The van der Waals surface area contributed by atoms with Crippen molar-refractivity contribution in [2.75, 3.05) is 26.4 Å². The maximum Gasteiger partial charge on any atom is 0.490 e. The second-order valence-corrected chi connectivity index (χ2v) is 20.0. The molecule has 3 fully saturated rings. The second-order valence-electron chi connectivity index (χ2n) is 15.3. The van der Waals surface area contributed by atoms with Gasteiger partial charge in [-0.1, -0.05) is 37.8 Å². The fourth-order valence-corrected chi connectivity index (χ4v) is 12.9. The molecule has 0 saturated heterocycles. The molecule has 0 aromatic rings. The number of rotatable bonds is 15. The Balaban J connectivity index is 1.28. The number of fused-ring (bicyclic) bond motifs is 5. The average Bonchev–Trinajstić information content (AvgIpc) is 3.26. The summed E-state index contributed by atoms with van der Waals surface area (Å²) in [4.78, 5) is 66.6. The fourth-order valence-electron chi connectivity index (χ4n) is 9.43. The molecule has 0 bridgehead atoms. The van der Waals surface area contributed by atoms with Gasteiger partial charge in [0.1, 0.15) is 24.9 Å². The Kier molecular flexibility index (Phi) is 13.2. The number of allylic oxidation sites excluding steroid dienone is 4. The SMILES string of the molecule is C[C@@H]1C[C@H]2[C@@H]3CCC4=CC(=O)C=C[C@]4(C)[C@@]3(F)[C@@H](O)C[C@]2(C)[C@@]1(O)C(=O)COP(=O)(OCCNC(=O)COC1C#CCCCCC1)OP(=O)(O)OP(=O)(O)O. The van der Waals surface area contributed by atoms with Crippen LogP contribution in [0, 0.1) is 40.4 Å². The van der Waals surface area contributed by atoms with Gasteiger partial charge in [-0.3, -0.25) is 23.4 Å². The summed E-state index contributed by atoms with van der Waals surface area (Å²) in [5.74, 6) is 1.46. The first-order chi connectivity index (χ1) is 25.5. The number of aliphatic hydroxyl groups excluding tert-OH is 1. The highest BCUT2D eigenvalue weighted by Crippen LogP contribution is 2.72. The molecule has 1 amide bonds. The highest BCUT2D eigenvalue weighted by Gasteiger charge is 2.75. The van der Waals surface area contributed by atoms with Gasteiger partial charge in [-0.05, 0) is 75.9 Å². The summed E-state index contributed by atoms with van der Waals surface area (Å²) >= 11 is 0. The molecule has 0 aromatic carbocycles. The molecule has 0 aliphatic heterocycles. The molecule has 5 rings (SSSR count). The molecule has 0 heterocycles. The summed E-state index contributed by atoms with van der Waals surface area (Å²) in [7, 11) is -17.1. The first-order valence-electron chi connectivity index (χ1n) is 18.1. The molecule has 3 unspecified atom stereocenters. The summed E-state index contributed by atoms with van der Waals surface area (Å²) < 4.78 is 78.7. The fraction of sp³-hybridized carbons (Fsp3) is 0.735. The molecule has 6 N–H and O–H groups in total. The van der Waals surface area contributed by atoms with Gasteiger partial charge in [-0.15, -0.1) is 5.92 Å². The Labute approximate surface area is 318 Å². The third-order valence-electron chi connectivity index (χ3n) is 12.0. The molecule has 5 aliphatic rings. The standard InChI is InChI=1S/C34H49FNO16P3/c1-22-17-27-26-12-11-23-18-24(37)13-14-31(23,2)33(26,35)28(38)19-32(27,3)34(22,41)29(39)20-50-55(47,52-54(45,46)51-53(42,43)44)49-16-15-36-30(40)21-48-25-9-7-5-4-6-8-10-25/h13-14,18,22,25-28,38,41H,4-7,9,11-12,15-17,19-21H2,1-3H3,(H,36,40)(H,45,46)(H2,42,43,44)/t22-,25?,26+,27+,28+,31+,32+,33+,34+,55?/m1/s1. The molecule has 308 valence electrons. The number of aliphatic hydroxyl groups is 2. The normalized spacial score (nSPS) is 38.0. The number of alkyl halides is 1. The number of ether oxygens (including phenoxy) is 1. The number of phosphoric ester groups is 1. The van der Waals surface area contributed by atoms with E-state index >= 15 is 4.39 Å². The predicted molar refractivity (Wildman–Crippen MR) is 190 cm³/mol. The van der Waals surface area contributed by atoms with Crippen LogP contribution in [0.5, 0.6) is 0 Å². The van der Waals surface area contributed by atoms with Gasteiger partial charge in [0.2, 0.25) is 5.91 Å². The van der Waals surface area contributed by atoms with Crippen molar-refractivity contribution in [1.29, 1.82) is 0 Å². The Bertz CT molecular complexity index is 1810. The van der Waals surface area contributed by atoms with Crippen LogP contribution >= 0.6 is 23.5 Å².